The van der Waals surface area contributed by atoms with Gasteiger partial charge in [-0.05, 0) is 62.0 Å². The summed E-state index contributed by atoms with van der Waals surface area (Å²) in [5, 5.41) is 19.3. The Morgan fingerprint density at radius 2 is 1.96 bits per heavy atom. The molecule has 0 radical (unpaired) electrons. The first-order chi connectivity index (χ1) is 13.2. The highest BCUT2D eigenvalue weighted by Crippen LogP contribution is 2.26. The van der Waals surface area contributed by atoms with Crippen molar-refractivity contribution in [3.63, 3.8) is 0 Å². The number of fused-ring (bicyclic) bond motifs is 1. The third kappa shape index (κ3) is 4.15. The molecular weight excluding hydrogens is 338 g/mol. The maximum absolute atomic E-state index is 10.6. The van der Waals surface area contributed by atoms with Crippen LogP contribution in [0.2, 0.25) is 0 Å². The molecule has 2 aromatic carbocycles. The van der Waals surface area contributed by atoms with Crippen molar-refractivity contribution in [2.24, 2.45) is 5.92 Å². The normalized spacial score (nSPS) is 17.3. The molecule has 4 rings (SSSR count). The van der Waals surface area contributed by atoms with E-state index in [9.17, 15) is 5.11 Å². The topological polar surface area (TPSA) is 61.4 Å². The van der Waals surface area contributed by atoms with Crippen molar-refractivity contribution in [2.45, 2.75) is 31.9 Å². The van der Waals surface area contributed by atoms with E-state index in [0.717, 1.165) is 61.2 Å². The molecule has 5 nitrogen and oxygen atoms in total. The molecule has 0 saturated carbocycles. The molecule has 1 aromatic heterocycles. The molecule has 3 aromatic rings. The van der Waals surface area contributed by atoms with E-state index < -0.39 is 0 Å². The van der Waals surface area contributed by atoms with Gasteiger partial charge in [0.05, 0.1) is 24.4 Å². The van der Waals surface area contributed by atoms with Crippen LogP contribution in [0.5, 0.6) is 5.75 Å². The number of hydrogen-bond donors (Lipinski definition) is 2. The van der Waals surface area contributed by atoms with E-state index in [1.807, 2.05) is 36.4 Å². The lowest BCUT2D eigenvalue weighted by atomic mass is 9.88. The predicted molar refractivity (Wildman–Crippen MR) is 107 cm³/mol. The molecule has 142 valence electrons. The maximum Gasteiger partial charge on any atom is 0.119 e. The summed E-state index contributed by atoms with van der Waals surface area (Å²) in [6.07, 6.45) is 2.55. The fraction of sp³-hybridized carbons (Fsp3) is 0.409. The molecule has 0 spiro atoms. The molecule has 1 atom stereocenters. The minimum atomic E-state index is -0.258. The summed E-state index contributed by atoms with van der Waals surface area (Å²) < 4.78 is 5.34. The summed E-state index contributed by atoms with van der Waals surface area (Å²) in [5.74, 6) is 1.23. The molecule has 1 fully saturated rings. The summed E-state index contributed by atoms with van der Waals surface area (Å²) in [4.78, 5) is 2.44. The molecule has 2 N–H and O–H groups in total. The number of rotatable bonds is 6. The molecule has 1 aliphatic rings. The zero-order chi connectivity index (χ0) is 18.6. The van der Waals surface area contributed by atoms with Crippen molar-refractivity contribution in [2.75, 3.05) is 20.2 Å². The van der Waals surface area contributed by atoms with Gasteiger partial charge in [0.25, 0.3) is 0 Å². The van der Waals surface area contributed by atoms with E-state index in [1.165, 1.54) is 5.56 Å². The fourth-order valence-corrected chi connectivity index (χ4v) is 4.03. The summed E-state index contributed by atoms with van der Waals surface area (Å²) in [6, 6.07) is 16.2. The van der Waals surface area contributed by atoms with Crippen molar-refractivity contribution < 1.29 is 9.84 Å². The number of aromatic amines is 1. The number of ether oxygens (including phenoxy) is 1. The fourth-order valence-electron chi connectivity index (χ4n) is 4.03. The quantitative estimate of drug-likeness (QED) is 0.703. The standard InChI is InChI=1S/C22H27N3O2/c1-27-18-7-8-20-19(14-18)21(24-23-20)15-25-11-9-17(10-12-25)22(26)13-16-5-3-2-4-6-16/h2-8,14,17,22,26H,9-13,15H2,1H3,(H,23,24). The number of nitrogens with zero attached hydrogens (tertiary/aromatic N) is 2. The predicted octanol–water partition coefficient (Wildman–Crippen LogP) is 3.39. The average Bonchev–Trinajstić information content (AvgIpc) is 3.11. The Bertz CT molecular complexity index is 870. The van der Waals surface area contributed by atoms with Crippen LogP contribution in [-0.2, 0) is 13.0 Å². The van der Waals surface area contributed by atoms with Crippen LogP contribution in [0.25, 0.3) is 10.9 Å². The Kier molecular flexibility index (Phi) is 5.41. The van der Waals surface area contributed by atoms with E-state index in [0.29, 0.717) is 5.92 Å². The lowest BCUT2D eigenvalue weighted by Gasteiger charge is -2.34. The van der Waals surface area contributed by atoms with Crippen LogP contribution in [-0.4, -0.2) is 46.5 Å². The molecular formula is C22H27N3O2. The van der Waals surface area contributed by atoms with Gasteiger partial charge >= 0.3 is 0 Å². The number of benzene rings is 2. The SMILES string of the molecule is COc1ccc2n[nH]c(CN3CCC(C(O)Cc4ccccc4)CC3)c2c1. The van der Waals surface area contributed by atoms with Gasteiger partial charge in [0, 0.05) is 11.9 Å². The van der Waals surface area contributed by atoms with Crippen molar-refractivity contribution in [1.82, 2.24) is 15.1 Å². The van der Waals surface area contributed by atoms with Gasteiger partial charge < -0.3 is 9.84 Å². The van der Waals surface area contributed by atoms with Crippen LogP contribution in [0.3, 0.4) is 0 Å². The zero-order valence-electron chi connectivity index (χ0n) is 15.8. The van der Waals surface area contributed by atoms with Crippen molar-refractivity contribution in [3.05, 3.63) is 59.8 Å². The molecule has 27 heavy (non-hydrogen) atoms. The summed E-state index contributed by atoms with van der Waals surface area (Å²) in [5.41, 5.74) is 3.32. The van der Waals surface area contributed by atoms with Gasteiger partial charge in [-0.2, -0.15) is 5.10 Å². The monoisotopic (exact) mass is 365 g/mol. The number of methoxy groups -OCH3 is 1. The first kappa shape index (κ1) is 18.0. The second-order valence-corrected chi connectivity index (χ2v) is 7.46. The molecule has 1 unspecified atom stereocenters. The molecule has 5 heteroatoms. The van der Waals surface area contributed by atoms with Crippen LogP contribution in [0.1, 0.15) is 24.1 Å². The molecule has 0 bridgehead atoms. The summed E-state index contributed by atoms with van der Waals surface area (Å²) in [7, 11) is 1.69. The highest BCUT2D eigenvalue weighted by molar-refractivity contribution is 5.82. The van der Waals surface area contributed by atoms with E-state index >= 15 is 0 Å². The number of piperidine rings is 1. The Morgan fingerprint density at radius 1 is 1.19 bits per heavy atom. The minimum absolute atomic E-state index is 0.258. The van der Waals surface area contributed by atoms with Gasteiger partial charge in [-0.15, -0.1) is 0 Å². The van der Waals surface area contributed by atoms with Gasteiger partial charge in [0.15, 0.2) is 0 Å². The van der Waals surface area contributed by atoms with Gasteiger partial charge in [0.2, 0.25) is 0 Å². The van der Waals surface area contributed by atoms with Gasteiger partial charge in [-0.25, -0.2) is 0 Å². The smallest absolute Gasteiger partial charge is 0.119 e. The van der Waals surface area contributed by atoms with E-state index in [-0.39, 0.29) is 6.10 Å². The van der Waals surface area contributed by atoms with Crippen LogP contribution >= 0.6 is 0 Å². The Hall–Kier alpha value is -2.37. The molecule has 1 saturated heterocycles. The molecule has 1 aliphatic heterocycles. The third-order valence-electron chi connectivity index (χ3n) is 5.69. The van der Waals surface area contributed by atoms with E-state index in [4.69, 9.17) is 4.74 Å². The van der Waals surface area contributed by atoms with Crippen molar-refractivity contribution in [3.8, 4) is 5.75 Å². The van der Waals surface area contributed by atoms with Crippen molar-refractivity contribution >= 4 is 10.9 Å². The average molecular weight is 365 g/mol. The van der Waals surface area contributed by atoms with Gasteiger partial charge in [-0.1, -0.05) is 30.3 Å². The van der Waals surface area contributed by atoms with Crippen LogP contribution in [0.15, 0.2) is 48.5 Å². The van der Waals surface area contributed by atoms with Crippen molar-refractivity contribution in [1.29, 1.82) is 0 Å². The molecule has 0 aliphatic carbocycles. The van der Waals surface area contributed by atoms with Crippen LogP contribution in [0.4, 0.5) is 0 Å². The number of H-pyrrole nitrogens is 1. The Balaban J connectivity index is 1.34. The Morgan fingerprint density at radius 3 is 2.70 bits per heavy atom. The molecule has 0 amide bonds. The first-order valence-electron chi connectivity index (χ1n) is 9.68. The lowest BCUT2D eigenvalue weighted by Crippen LogP contribution is -2.38. The molecule has 2 heterocycles. The second-order valence-electron chi connectivity index (χ2n) is 7.46. The minimum Gasteiger partial charge on any atom is -0.497 e. The third-order valence-corrected chi connectivity index (χ3v) is 5.69. The largest absolute Gasteiger partial charge is 0.497 e. The van der Waals surface area contributed by atoms with Crippen LogP contribution < -0.4 is 4.74 Å². The van der Waals surface area contributed by atoms with E-state index in [1.54, 1.807) is 7.11 Å². The van der Waals surface area contributed by atoms with E-state index in [2.05, 4.69) is 27.2 Å². The number of likely N-dealkylation sites (tertiary alicyclic amines) is 1. The number of aliphatic hydroxyl groups excluding tert-OH is 1. The van der Waals surface area contributed by atoms with Gasteiger partial charge in [0.1, 0.15) is 5.75 Å². The van der Waals surface area contributed by atoms with Crippen LogP contribution in [0, 0.1) is 5.92 Å². The number of nitrogens with one attached hydrogen (secondary N) is 1. The number of hydrogen-bond acceptors (Lipinski definition) is 4. The lowest BCUT2D eigenvalue weighted by molar-refractivity contribution is 0.0574. The zero-order valence-corrected chi connectivity index (χ0v) is 15.8. The number of aliphatic hydroxyl groups is 1. The maximum atomic E-state index is 10.6. The number of aromatic nitrogens is 2. The Labute approximate surface area is 160 Å². The highest BCUT2D eigenvalue weighted by atomic mass is 16.5. The first-order valence-corrected chi connectivity index (χ1v) is 9.68. The second kappa shape index (κ2) is 8.11. The summed E-state index contributed by atoms with van der Waals surface area (Å²) >= 11 is 0. The highest BCUT2D eigenvalue weighted by Gasteiger charge is 2.26. The summed E-state index contributed by atoms with van der Waals surface area (Å²) in [6.45, 7) is 2.85. The van der Waals surface area contributed by atoms with Gasteiger partial charge in [-0.3, -0.25) is 10.00 Å².